The Kier molecular flexibility index (Phi) is 6.66. The summed E-state index contributed by atoms with van der Waals surface area (Å²) in [6.07, 6.45) is 0. The summed E-state index contributed by atoms with van der Waals surface area (Å²) < 4.78 is 0. The first-order valence-corrected chi connectivity index (χ1v) is 23.0. The predicted octanol–water partition coefficient (Wildman–Crippen LogP) is 9.98. The van der Waals surface area contributed by atoms with Crippen LogP contribution < -0.4 is 36.6 Å². The summed E-state index contributed by atoms with van der Waals surface area (Å²) in [7, 11) is -2.05. The molecule has 0 unspecified atom stereocenters. The smallest absolute Gasteiger partial charge is 0.252 e. The molecular weight excluding hydrogens is 688 g/mol. The largest absolute Gasteiger partial charge is 0.311 e. The van der Waals surface area contributed by atoms with Crippen LogP contribution in [0.5, 0.6) is 0 Å². The fourth-order valence-electron chi connectivity index (χ4n) is 9.90. The summed E-state index contributed by atoms with van der Waals surface area (Å²) in [5.41, 5.74) is 19.7. The van der Waals surface area contributed by atoms with Crippen molar-refractivity contribution in [2.24, 2.45) is 0 Å². The van der Waals surface area contributed by atoms with Gasteiger partial charge >= 0.3 is 0 Å². The fourth-order valence-corrected chi connectivity index (χ4v) is 13.3. The van der Waals surface area contributed by atoms with Gasteiger partial charge in [-0.25, -0.2) is 0 Å². The van der Waals surface area contributed by atoms with Crippen molar-refractivity contribution in [1.82, 2.24) is 0 Å². The number of hydrogen-bond donors (Lipinski definition) is 0. The van der Waals surface area contributed by atoms with Gasteiger partial charge < -0.3 is 9.80 Å². The highest BCUT2D eigenvalue weighted by molar-refractivity contribution is 7.99. The van der Waals surface area contributed by atoms with E-state index in [1.807, 2.05) is 11.8 Å². The third-order valence-electron chi connectivity index (χ3n) is 12.8. The van der Waals surface area contributed by atoms with E-state index in [0.717, 1.165) is 0 Å². The van der Waals surface area contributed by atoms with Gasteiger partial charge in [0.2, 0.25) is 0 Å². The van der Waals surface area contributed by atoms with Crippen molar-refractivity contribution in [2.75, 3.05) is 9.80 Å². The summed E-state index contributed by atoms with van der Waals surface area (Å²) in [6, 6.07) is 54.3. The van der Waals surface area contributed by atoms with E-state index in [0.29, 0.717) is 0 Å². The van der Waals surface area contributed by atoms with E-state index >= 15 is 0 Å². The number of nitrogens with zero attached hydrogens (tertiary/aromatic N) is 2. The zero-order valence-corrected chi connectivity index (χ0v) is 33.5. The highest BCUT2D eigenvalue weighted by atomic mass is 32.2. The zero-order chi connectivity index (χ0) is 36.7. The highest BCUT2D eigenvalue weighted by Crippen LogP contribution is 2.52. The molecule has 0 radical (unpaired) electrons. The molecule has 0 saturated heterocycles. The van der Waals surface area contributed by atoms with Crippen molar-refractivity contribution in [1.29, 1.82) is 0 Å². The normalized spacial score (nSPS) is 16.1. The molecule has 1 aliphatic carbocycles. The summed E-state index contributed by atoms with van der Waals surface area (Å²) in [6.45, 7) is 14.4. The Balaban J connectivity index is 1.26. The summed E-state index contributed by atoms with van der Waals surface area (Å²) in [5.74, 6) is 0. The van der Waals surface area contributed by atoms with Gasteiger partial charge in [-0.05, 0) is 125 Å². The van der Waals surface area contributed by atoms with Crippen molar-refractivity contribution < 1.29 is 0 Å². The Labute approximate surface area is 324 Å². The third kappa shape index (κ3) is 4.43. The van der Waals surface area contributed by atoms with E-state index in [9.17, 15) is 0 Å². The molecule has 5 heteroatoms. The lowest BCUT2D eigenvalue weighted by molar-refractivity contribution is 0.661. The first-order valence-electron chi connectivity index (χ1n) is 19.2. The molecule has 11 rings (SSSR count). The number of fused-ring (bicyclic) bond motifs is 13. The molecule has 0 atom stereocenters. The maximum Gasteiger partial charge on any atom is 0.252 e. The van der Waals surface area contributed by atoms with Crippen LogP contribution in [-0.2, 0) is 5.41 Å². The van der Waals surface area contributed by atoms with Crippen LogP contribution >= 0.6 is 11.8 Å². The number of hydrogen-bond acceptors (Lipinski definition) is 3. The molecule has 0 aromatic heterocycles. The molecule has 0 spiro atoms. The van der Waals surface area contributed by atoms with Crippen molar-refractivity contribution in [3.8, 4) is 11.1 Å². The number of benzene rings is 7. The molecule has 6 bridgehead atoms. The standard InChI is InChI=1S/C49H41BN2SSi/c1-30-17-19-32(20-18-30)51-45-28-39-38-15-7-8-16-40(38)49(3,4)41(39)29-43(45)50-42-22-21-37-27-44(42)52(47-24-31(2)23-46(51)48(47)50)33-11-9-12-34(25-33)53-35-13-10-14-36(26-35)54(37,5)6/h7-29H,1-6H3. The van der Waals surface area contributed by atoms with Gasteiger partial charge in [0.15, 0.2) is 0 Å². The Morgan fingerprint density at radius 3 is 2.00 bits per heavy atom. The molecule has 4 aliphatic rings. The molecule has 7 aromatic carbocycles. The van der Waals surface area contributed by atoms with E-state index in [1.165, 1.54) is 104 Å². The van der Waals surface area contributed by atoms with Crippen LogP contribution in [0, 0.1) is 13.8 Å². The molecule has 3 heterocycles. The summed E-state index contributed by atoms with van der Waals surface area (Å²) in [4.78, 5) is 7.72. The molecule has 0 N–H and O–H groups in total. The molecule has 260 valence electrons. The Morgan fingerprint density at radius 1 is 0.519 bits per heavy atom. The highest BCUT2D eigenvalue weighted by Gasteiger charge is 2.46. The first kappa shape index (κ1) is 32.2. The van der Waals surface area contributed by atoms with E-state index in [2.05, 4.69) is 190 Å². The van der Waals surface area contributed by atoms with Crippen LogP contribution in [0.15, 0.2) is 149 Å². The van der Waals surface area contributed by atoms with Gasteiger partial charge in [0.25, 0.3) is 6.71 Å². The second-order valence-electron chi connectivity index (χ2n) is 16.8. The Bertz CT molecular complexity index is 2750. The fraction of sp³-hybridized carbons (Fsp3) is 0.143. The van der Waals surface area contributed by atoms with Gasteiger partial charge in [-0.15, -0.1) is 0 Å². The molecular formula is C49H41BN2SSi. The zero-order valence-electron chi connectivity index (χ0n) is 31.7. The van der Waals surface area contributed by atoms with Crippen molar-refractivity contribution in [2.45, 2.75) is 56.0 Å². The van der Waals surface area contributed by atoms with Gasteiger partial charge in [0.05, 0.1) is 0 Å². The minimum Gasteiger partial charge on any atom is -0.311 e. The molecule has 3 aliphatic heterocycles. The average Bonchev–Trinajstić information content (AvgIpc) is 3.39. The lowest BCUT2D eigenvalue weighted by Crippen LogP contribution is -2.62. The second kappa shape index (κ2) is 11.2. The van der Waals surface area contributed by atoms with Crippen molar-refractivity contribution >= 4 is 87.4 Å². The van der Waals surface area contributed by atoms with Crippen LogP contribution in [0.1, 0.15) is 36.1 Å². The summed E-state index contributed by atoms with van der Waals surface area (Å²) >= 11 is 1.87. The van der Waals surface area contributed by atoms with Gasteiger partial charge in [-0.1, -0.05) is 127 Å². The lowest BCUT2D eigenvalue weighted by Gasteiger charge is -2.45. The maximum absolute atomic E-state index is 2.59. The average molecular weight is 729 g/mol. The molecule has 7 aromatic rings. The molecule has 0 saturated carbocycles. The number of aryl methyl sites for hydroxylation is 2. The van der Waals surface area contributed by atoms with Gasteiger partial charge in [0, 0.05) is 49.3 Å². The maximum atomic E-state index is 2.59. The SMILES string of the molecule is Cc1ccc(N2c3cc4c(cc3B3c5ccc6cc5N(c5cccc(c5)Sc5cccc(c5)[Si]6(C)C)c5cc(C)cc2c53)C(C)(C)c2ccccc2-4)cc1. The van der Waals surface area contributed by atoms with Crippen LogP contribution in [0.3, 0.4) is 0 Å². The van der Waals surface area contributed by atoms with Crippen LogP contribution in [0.25, 0.3) is 11.1 Å². The minimum absolute atomic E-state index is 0.0796. The van der Waals surface area contributed by atoms with Crippen molar-refractivity contribution in [3.05, 3.63) is 162 Å². The molecule has 0 amide bonds. The molecule has 0 fully saturated rings. The Hall–Kier alpha value is -5.23. The van der Waals surface area contributed by atoms with Crippen LogP contribution in [0.4, 0.5) is 34.1 Å². The predicted molar refractivity (Wildman–Crippen MR) is 235 cm³/mol. The van der Waals surface area contributed by atoms with E-state index in [4.69, 9.17) is 0 Å². The Morgan fingerprint density at radius 2 is 1.20 bits per heavy atom. The van der Waals surface area contributed by atoms with Gasteiger partial charge in [0.1, 0.15) is 8.07 Å². The van der Waals surface area contributed by atoms with Gasteiger partial charge in [-0.2, -0.15) is 0 Å². The number of anilines is 6. The molecule has 54 heavy (non-hydrogen) atoms. The third-order valence-corrected chi connectivity index (χ3v) is 17.3. The van der Waals surface area contributed by atoms with Crippen LogP contribution in [-0.4, -0.2) is 14.8 Å². The van der Waals surface area contributed by atoms with Gasteiger partial charge in [-0.3, -0.25) is 0 Å². The monoisotopic (exact) mass is 728 g/mol. The second-order valence-corrected chi connectivity index (χ2v) is 22.4. The van der Waals surface area contributed by atoms with E-state index in [-0.39, 0.29) is 12.1 Å². The lowest BCUT2D eigenvalue weighted by atomic mass is 9.33. The van der Waals surface area contributed by atoms with E-state index < -0.39 is 8.07 Å². The quantitative estimate of drug-likeness (QED) is 0.156. The van der Waals surface area contributed by atoms with Crippen molar-refractivity contribution in [3.63, 3.8) is 0 Å². The topological polar surface area (TPSA) is 6.48 Å². The van der Waals surface area contributed by atoms with E-state index in [1.54, 1.807) is 0 Å². The first-order chi connectivity index (χ1) is 26.1. The van der Waals surface area contributed by atoms with Crippen LogP contribution in [0.2, 0.25) is 13.1 Å². The molecule has 2 nitrogen and oxygen atoms in total. The number of rotatable bonds is 1. The minimum atomic E-state index is -2.05. The summed E-state index contributed by atoms with van der Waals surface area (Å²) in [5, 5.41) is 2.93.